The van der Waals surface area contributed by atoms with Crippen molar-refractivity contribution in [3.05, 3.63) is 16.1 Å². The van der Waals surface area contributed by atoms with Gasteiger partial charge in [-0.3, -0.25) is 0 Å². The number of aryl methyl sites for hydroxylation is 1. The Kier molecular flexibility index (Phi) is 3.88. The van der Waals surface area contributed by atoms with E-state index in [4.69, 9.17) is 0 Å². The molecule has 3 heteroatoms. The summed E-state index contributed by atoms with van der Waals surface area (Å²) in [6.07, 6.45) is 3.07. The zero-order valence-corrected chi connectivity index (χ0v) is 9.61. The Morgan fingerprint density at radius 2 is 2.15 bits per heavy atom. The van der Waals surface area contributed by atoms with Gasteiger partial charge in [-0.05, 0) is 13.3 Å². The SMILES string of the molecule is CCc1cnc(C(C)NC(C)C)s1. The number of hydrogen-bond acceptors (Lipinski definition) is 3. The van der Waals surface area contributed by atoms with E-state index in [9.17, 15) is 0 Å². The second kappa shape index (κ2) is 4.72. The van der Waals surface area contributed by atoms with Crippen LogP contribution in [0.1, 0.15) is 43.6 Å². The molecule has 2 nitrogen and oxygen atoms in total. The van der Waals surface area contributed by atoms with Crippen LogP contribution < -0.4 is 5.32 Å². The molecule has 0 aliphatic heterocycles. The molecule has 74 valence electrons. The molecule has 0 fully saturated rings. The summed E-state index contributed by atoms with van der Waals surface area (Å²) in [5.41, 5.74) is 0. The third-order valence-electron chi connectivity index (χ3n) is 1.87. The van der Waals surface area contributed by atoms with Crippen molar-refractivity contribution in [2.45, 2.75) is 46.2 Å². The molecule has 1 unspecified atom stereocenters. The molecule has 1 aromatic heterocycles. The highest BCUT2D eigenvalue weighted by Crippen LogP contribution is 2.20. The first-order chi connectivity index (χ1) is 6.13. The summed E-state index contributed by atoms with van der Waals surface area (Å²) in [7, 11) is 0. The van der Waals surface area contributed by atoms with Gasteiger partial charge in [-0.1, -0.05) is 20.8 Å². The molecule has 1 atom stereocenters. The van der Waals surface area contributed by atoms with Crippen LogP contribution in [0.5, 0.6) is 0 Å². The van der Waals surface area contributed by atoms with Crippen molar-refractivity contribution in [2.75, 3.05) is 0 Å². The lowest BCUT2D eigenvalue weighted by molar-refractivity contribution is 0.504. The molecule has 0 aromatic carbocycles. The molecule has 0 saturated heterocycles. The third-order valence-corrected chi connectivity index (χ3v) is 3.20. The van der Waals surface area contributed by atoms with Gasteiger partial charge < -0.3 is 5.32 Å². The van der Waals surface area contributed by atoms with Crippen LogP contribution in [-0.2, 0) is 6.42 Å². The van der Waals surface area contributed by atoms with Gasteiger partial charge in [0.25, 0.3) is 0 Å². The van der Waals surface area contributed by atoms with E-state index in [1.165, 1.54) is 9.88 Å². The minimum Gasteiger partial charge on any atom is -0.306 e. The summed E-state index contributed by atoms with van der Waals surface area (Å²) in [6, 6.07) is 0.897. The van der Waals surface area contributed by atoms with Gasteiger partial charge in [0.05, 0.1) is 6.04 Å². The Balaban J connectivity index is 2.60. The van der Waals surface area contributed by atoms with E-state index in [1.54, 1.807) is 0 Å². The minimum atomic E-state index is 0.380. The summed E-state index contributed by atoms with van der Waals surface area (Å²) in [4.78, 5) is 5.76. The van der Waals surface area contributed by atoms with E-state index in [-0.39, 0.29) is 0 Å². The summed E-state index contributed by atoms with van der Waals surface area (Å²) >= 11 is 1.81. The van der Waals surface area contributed by atoms with E-state index in [0.29, 0.717) is 12.1 Å². The maximum absolute atomic E-state index is 4.40. The maximum atomic E-state index is 4.40. The zero-order valence-electron chi connectivity index (χ0n) is 8.79. The Morgan fingerprint density at radius 1 is 1.46 bits per heavy atom. The number of aromatic nitrogens is 1. The average Bonchev–Trinajstić information content (AvgIpc) is 2.50. The highest BCUT2D eigenvalue weighted by atomic mass is 32.1. The molecule has 1 heterocycles. The van der Waals surface area contributed by atoms with Gasteiger partial charge in [0.15, 0.2) is 0 Å². The molecule has 1 N–H and O–H groups in total. The van der Waals surface area contributed by atoms with Gasteiger partial charge in [-0.2, -0.15) is 0 Å². The smallest absolute Gasteiger partial charge is 0.109 e. The van der Waals surface area contributed by atoms with Gasteiger partial charge in [-0.15, -0.1) is 11.3 Å². The van der Waals surface area contributed by atoms with Crippen LogP contribution in [0.15, 0.2) is 6.20 Å². The third kappa shape index (κ3) is 3.08. The van der Waals surface area contributed by atoms with Crippen molar-refractivity contribution in [1.82, 2.24) is 10.3 Å². The highest BCUT2D eigenvalue weighted by Gasteiger charge is 2.10. The van der Waals surface area contributed by atoms with Crippen LogP contribution in [0, 0.1) is 0 Å². The topological polar surface area (TPSA) is 24.9 Å². The maximum Gasteiger partial charge on any atom is 0.109 e. The lowest BCUT2D eigenvalue weighted by Gasteiger charge is -2.13. The zero-order chi connectivity index (χ0) is 9.84. The first kappa shape index (κ1) is 10.7. The summed E-state index contributed by atoms with van der Waals surface area (Å²) in [5.74, 6) is 0. The number of nitrogens with zero attached hydrogens (tertiary/aromatic N) is 1. The normalized spacial score (nSPS) is 13.6. The average molecular weight is 198 g/mol. The van der Waals surface area contributed by atoms with Crippen molar-refractivity contribution < 1.29 is 0 Å². The van der Waals surface area contributed by atoms with Gasteiger partial charge in [0.1, 0.15) is 5.01 Å². The molecule has 0 amide bonds. The second-order valence-electron chi connectivity index (χ2n) is 3.56. The predicted octanol–water partition coefficient (Wildman–Crippen LogP) is 2.76. The van der Waals surface area contributed by atoms with Crippen molar-refractivity contribution in [1.29, 1.82) is 0 Å². The van der Waals surface area contributed by atoms with Crippen LogP contribution in [-0.4, -0.2) is 11.0 Å². The van der Waals surface area contributed by atoms with E-state index in [0.717, 1.165) is 6.42 Å². The Labute approximate surface area is 84.4 Å². The number of nitrogens with one attached hydrogen (secondary N) is 1. The Morgan fingerprint density at radius 3 is 2.62 bits per heavy atom. The lowest BCUT2D eigenvalue weighted by Crippen LogP contribution is -2.25. The van der Waals surface area contributed by atoms with Crippen molar-refractivity contribution in [3.63, 3.8) is 0 Å². The molecule has 0 radical (unpaired) electrons. The summed E-state index contributed by atoms with van der Waals surface area (Å²) < 4.78 is 0. The van der Waals surface area contributed by atoms with Crippen molar-refractivity contribution in [2.24, 2.45) is 0 Å². The quantitative estimate of drug-likeness (QED) is 0.804. The van der Waals surface area contributed by atoms with Crippen LogP contribution in [0.4, 0.5) is 0 Å². The first-order valence-electron chi connectivity index (χ1n) is 4.84. The molecule has 1 aromatic rings. The van der Waals surface area contributed by atoms with Crippen LogP contribution in [0.2, 0.25) is 0 Å². The standard InChI is InChI=1S/C10H18N2S/c1-5-9-6-11-10(13-9)8(4)12-7(2)3/h6-8,12H,5H2,1-4H3. The van der Waals surface area contributed by atoms with Gasteiger partial charge in [-0.25, -0.2) is 4.98 Å². The Bertz CT molecular complexity index is 255. The predicted molar refractivity (Wildman–Crippen MR) is 58.2 cm³/mol. The fraction of sp³-hybridized carbons (Fsp3) is 0.700. The number of thiazole rings is 1. The number of hydrogen-bond donors (Lipinski definition) is 1. The van der Waals surface area contributed by atoms with Crippen LogP contribution in [0.25, 0.3) is 0 Å². The van der Waals surface area contributed by atoms with E-state index < -0.39 is 0 Å². The summed E-state index contributed by atoms with van der Waals surface area (Å²) in [5, 5.41) is 4.64. The minimum absolute atomic E-state index is 0.380. The molecular weight excluding hydrogens is 180 g/mol. The van der Waals surface area contributed by atoms with Crippen molar-refractivity contribution >= 4 is 11.3 Å². The second-order valence-corrected chi connectivity index (χ2v) is 4.71. The van der Waals surface area contributed by atoms with E-state index >= 15 is 0 Å². The molecule has 0 saturated carbocycles. The molecular formula is C10H18N2S. The molecule has 0 aliphatic rings. The molecule has 13 heavy (non-hydrogen) atoms. The van der Waals surface area contributed by atoms with Crippen LogP contribution in [0.3, 0.4) is 0 Å². The molecule has 1 rings (SSSR count). The fourth-order valence-electron chi connectivity index (χ4n) is 1.26. The van der Waals surface area contributed by atoms with Gasteiger partial charge in [0.2, 0.25) is 0 Å². The number of rotatable bonds is 4. The molecule has 0 bridgehead atoms. The Hall–Kier alpha value is -0.410. The highest BCUT2D eigenvalue weighted by molar-refractivity contribution is 7.11. The fourth-order valence-corrected chi connectivity index (χ4v) is 2.13. The monoisotopic (exact) mass is 198 g/mol. The van der Waals surface area contributed by atoms with Crippen LogP contribution >= 0.6 is 11.3 Å². The van der Waals surface area contributed by atoms with Gasteiger partial charge in [0, 0.05) is 17.1 Å². The van der Waals surface area contributed by atoms with E-state index in [1.807, 2.05) is 17.5 Å². The molecule has 0 spiro atoms. The summed E-state index contributed by atoms with van der Waals surface area (Å²) in [6.45, 7) is 8.64. The lowest BCUT2D eigenvalue weighted by atomic mass is 10.3. The molecule has 0 aliphatic carbocycles. The van der Waals surface area contributed by atoms with E-state index in [2.05, 4.69) is 38.0 Å². The largest absolute Gasteiger partial charge is 0.306 e. The van der Waals surface area contributed by atoms with Gasteiger partial charge >= 0.3 is 0 Å². The first-order valence-corrected chi connectivity index (χ1v) is 5.65. The van der Waals surface area contributed by atoms with Crippen molar-refractivity contribution in [3.8, 4) is 0 Å².